The van der Waals surface area contributed by atoms with Gasteiger partial charge in [0.1, 0.15) is 6.10 Å². The van der Waals surface area contributed by atoms with E-state index >= 15 is 0 Å². The molecule has 1 heterocycles. The third kappa shape index (κ3) is 6.51. The zero-order valence-corrected chi connectivity index (χ0v) is 16.4. The smallest absolute Gasteiger partial charge is 0.104 e. The molecule has 0 N–H and O–H groups in total. The number of ether oxygens (including phenoxy) is 2. The van der Waals surface area contributed by atoms with Gasteiger partial charge in [0, 0.05) is 5.92 Å². The van der Waals surface area contributed by atoms with Gasteiger partial charge in [0.2, 0.25) is 0 Å². The van der Waals surface area contributed by atoms with E-state index in [1.807, 2.05) is 0 Å². The number of hydrogen-bond donors (Lipinski definition) is 0. The van der Waals surface area contributed by atoms with Gasteiger partial charge >= 0.3 is 0 Å². The van der Waals surface area contributed by atoms with Gasteiger partial charge in [0.15, 0.2) is 0 Å². The van der Waals surface area contributed by atoms with Crippen LogP contribution in [-0.4, -0.2) is 18.8 Å². The highest BCUT2D eigenvalue weighted by Gasteiger charge is 2.34. The van der Waals surface area contributed by atoms with Crippen molar-refractivity contribution < 1.29 is 9.47 Å². The van der Waals surface area contributed by atoms with Crippen LogP contribution in [0.15, 0.2) is 48.8 Å². The van der Waals surface area contributed by atoms with Gasteiger partial charge in [-0.2, -0.15) is 0 Å². The molecule has 2 rings (SSSR count). The van der Waals surface area contributed by atoms with Crippen LogP contribution in [0.4, 0.5) is 0 Å². The Hall–Kier alpha value is -1.28. The van der Waals surface area contributed by atoms with E-state index in [-0.39, 0.29) is 12.2 Å². The van der Waals surface area contributed by atoms with E-state index in [2.05, 4.69) is 52.2 Å². The molecule has 0 aromatic heterocycles. The zero-order chi connectivity index (χ0) is 18.2. The Labute approximate surface area is 154 Å². The highest BCUT2D eigenvalue weighted by atomic mass is 16.5. The van der Waals surface area contributed by atoms with Crippen molar-refractivity contribution in [1.82, 2.24) is 0 Å². The average Bonchev–Trinajstić information content (AvgIpc) is 2.56. The topological polar surface area (TPSA) is 18.5 Å². The monoisotopic (exact) mass is 344 g/mol. The minimum atomic E-state index is 0.220. The summed E-state index contributed by atoms with van der Waals surface area (Å²) in [5, 5.41) is 0. The summed E-state index contributed by atoms with van der Waals surface area (Å²) in [6.45, 7) is 15.3. The SMILES string of the molecule is C=COC1CC(CCCC(=C)C)C(C)CC1/C=C/C1CC(C)=CCO1. The molecule has 1 aliphatic carbocycles. The van der Waals surface area contributed by atoms with Crippen molar-refractivity contribution in [2.45, 2.75) is 71.5 Å². The second-order valence-electron chi connectivity index (χ2n) is 8.07. The van der Waals surface area contributed by atoms with E-state index in [0.717, 1.165) is 37.7 Å². The molecular formula is C23H36O2. The molecule has 0 amide bonds. The molecule has 140 valence electrons. The highest BCUT2D eigenvalue weighted by Crippen LogP contribution is 2.39. The van der Waals surface area contributed by atoms with Crippen molar-refractivity contribution >= 4 is 0 Å². The summed E-state index contributed by atoms with van der Waals surface area (Å²) in [6.07, 6.45) is 15.9. The summed E-state index contributed by atoms with van der Waals surface area (Å²) in [5.41, 5.74) is 2.72. The lowest BCUT2D eigenvalue weighted by atomic mass is 9.71. The lowest BCUT2D eigenvalue weighted by molar-refractivity contribution is 0.0229. The van der Waals surface area contributed by atoms with E-state index in [4.69, 9.17) is 9.47 Å². The number of hydrogen-bond acceptors (Lipinski definition) is 2. The quantitative estimate of drug-likeness (QED) is 0.384. The van der Waals surface area contributed by atoms with Gasteiger partial charge in [-0.15, -0.1) is 6.58 Å². The van der Waals surface area contributed by atoms with Crippen molar-refractivity contribution in [1.29, 1.82) is 0 Å². The Morgan fingerprint density at radius 1 is 1.36 bits per heavy atom. The first kappa shape index (κ1) is 20.0. The fourth-order valence-electron chi connectivity index (χ4n) is 4.19. The maximum atomic E-state index is 5.91. The van der Waals surface area contributed by atoms with Crippen LogP contribution >= 0.6 is 0 Å². The maximum absolute atomic E-state index is 5.91. The van der Waals surface area contributed by atoms with Crippen LogP contribution in [-0.2, 0) is 9.47 Å². The summed E-state index contributed by atoms with van der Waals surface area (Å²) in [6, 6.07) is 0. The molecule has 0 saturated heterocycles. The second kappa shape index (κ2) is 10.0. The highest BCUT2D eigenvalue weighted by molar-refractivity contribution is 5.09. The molecule has 2 heteroatoms. The van der Waals surface area contributed by atoms with Gasteiger partial charge in [0.25, 0.3) is 0 Å². The fraction of sp³-hybridized carbons (Fsp3) is 0.652. The van der Waals surface area contributed by atoms with E-state index < -0.39 is 0 Å². The first-order valence-electron chi connectivity index (χ1n) is 9.86. The summed E-state index contributed by atoms with van der Waals surface area (Å²) < 4.78 is 11.7. The minimum Gasteiger partial charge on any atom is -0.498 e. The lowest BCUT2D eigenvalue weighted by Crippen LogP contribution is -2.34. The van der Waals surface area contributed by atoms with Crippen molar-refractivity contribution in [3.63, 3.8) is 0 Å². The third-order valence-corrected chi connectivity index (χ3v) is 5.75. The zero-order valence-electron chi connectivity index (χ0n) is 16.4. The Kier molecular flexibility index (Phi) is 8.02. The first-order valence-corrected chi connectivity index (χ1v) is 9.86. The van der Waals surface area contributed by atoms with Crippen LogP contribution in [0.2, 0.25) is 0 Å². The van der Waals surface area contributed by atoms with E-state index in [1.54, 1.807) is 6.26 Å². The van der Waals surface area contributed by atoms with Gasteiger partial charge in [-0.05, 0) is 64.2 Å². The molecule has 1 aliphatic heterocycles. The Morgan fingerprint density at radius 3 is 2.84 bits per heavy atom. The summed E-state index contributed by atoms with van der Waals surface area (Å²) >= 11 is 0. The Balaban J connectivity index is 1.93. The molecule has 0 aromatic carbocycles. The summed E-state index contributed by atoms with van der Waals surface area (Å²) in [4.78, 5) is 0. The normalized spacial score (nSPS) is 33.1. The standard InChI is InChI=1S/C23H36O2/c1-6-24-23-16-20(9-7-8-17(2)3)19(5)15-21(23)10-11-22-14-18(4)12-13-25-22/h6,10-12,19-23H,1-2,7-9,13-16H2,3-5H3/b11-10+. The van der Waals surface area contributed by atoms with Crippen molar-refractivity contribution in [2.24, 2.45) is 17.8 Å². The molecule has 2 aliphatic rings. The van der Waals surface area contributed by atoms with Gasteiger partial charge < -0.3 is 9.47 Å². The molecule has 0 radical (unpaired) electrons. The predicted octanol–water partition coefficient (Wildman–Crippen LogP) is 6.22. The molecule has 0 spiro atoms. The Bertz CT molecular complexity index is 502. The third-order valence-electron chi connectivity index (χ3n) is 5.75. The van der Waals surface area contributed by atoms with E-state index in [0.29, 0.717) is 5.92 Å². The predicted molar refractivity (Wildman–Crippen MR) is 106 cm³/mol. The average molecular weight is 345 g/mol. The van der Waals surface area contributed by atoms with Crippen LogP contribution in [0.1, 0.15) is 59.3 Å². The largest absolute Gasteiger partial charge is 0.498 e. The molecule has 5 atom stereocenters. The molecule has 1 saturated carbocycles. The lowest BCUT2D eigenvalue weighted by Gasteiger charge is -2.39. The van der Waals surface area contributed by atoms with E-state index in [1.165, 1.54) is 30.4 Å². The summed E-state index contributed by atoms with van der Waals surface area (Å²) in [5.74, 6) is 1.93. The van der Waals surface area contributed by atoms with Crippen LogP contribution in [0, 0.1) is 17.8 Å². The van der Waals surface area contributed by atoms with Crippen LogP contribution in [0.3, 0.4) is 0 Å². The minimum absolute atomic E-state index is 0.220. The second-order valence-corrected chi connectivity index (χ2v) is 8.07. The van der Waals surface area contributed by atoms with Gasteiger partial charge in [-0.3, -0.25) is 0 Å². The van der Waals surface area contributed by atoms with Crippen LogP contribution < -0.4 is 0 Å². The number of rotatable bonds is 8. The number of allylic oxidation sites excluding steroid dienone is 1. The summed E-state index contributed by atoms with van der Waals surface area (Å²) in [7, 11) is 0. The first-order chi connectivity index (χ1) is 12.0. The van der Waals surface area contributed by atoms with Crippen molar-refractivity contribution in [2.75, 3.05) is 6.61 Å². The molecular weight excluding hydrogens is 308 g/mol. The maximum Gasteiger partial charge on any atom is 0.104 e. The van der Waals surface area contributed by atoms with Crippen LogP contribution in [0.25, 0.3) is 0 Å². The molecule has 25 heavy (non-hydrogen) atoms. The van der Waals surface area contributed by atoms with Crippen LogP contribution in [0.5, 0.6) is 0 Å². The molecule has 0 aromatic rings. The fourth-order valence-corrected chi connectivity index (χ4v) is 4.19. The molecule has 2 nitrogen and oxygen atoms in total. The van der Waals surface area contributed by atoms with Gasteiger partial charge in [0.05, 0.1) is 19.0 Å². The van der Waals surface area contributed by atoms with Gasteiger partial charge in [-0.25, -0.2) is 0 Å². The molecule has 5 unspecified atom stereocenters. The van der Waals surface area contributed by atoms with Gasteiger partial charge in [-0.1, -0.05) is 42.9 Å². The van der Waals surface area contributed by atoms with E-state index in [9.17, 15) is 0 Å². The van der Waals surface area contributed by atoms with Crippen molar-refractivity contribution in [3.05, 3.63) is 48.8 Å². The Morgan fingerprint density at radius 2 is 2.16 bits per heavy atom. The van der Waals surface area contributed by atoms with Crippen molar-refractivity contribution in [3.8, 4) is 0 Å². The molecule has 0 bridgehead atoms. The molecule has 1 fully saturated rings.